The third kappa shape index (κ3) is 9.20. The van der Waals surface area contributed by atoms with Crippen molar-refractivity contribution in [3.8, 4) is 5.75 Å². The summed E-state index contributed by atoms with van der Waals surface area (Å²) in [6.45, 7) is 3.38. The van der Waals surface area contributed by atoms with Crippen molar-refractivity contribution in [2.75, 3.05) is 0 Å². The summed E-state index contributed by atoms with van der Waals surface area (Å²) in [5.41, 5.74) is 12.2. The number of hydrogen-bond donors (Lipinski definition) is 8. The van der Waals surface area contributed by atoms with Gasteiger partial charge in [0, 0.05) is 24.7 Å². The number of hydrogen-bond acceptors (Lipinski definition) is 8. The molecule has 0 aliphatic carbocycles. The third-order valence-electron chi connectivity index (χ3n) is 5.61. The number of rotatable bonds is 14. The first-order valence-electron chi connectivity index (χ1n) is 11.8. The molecule has 0 bridgehead atoms. The summed E-state index contributed by atoms with van der Waals surface area (Å²) in [6.07, 6.45) is 2.39. The van der Waals surface area contributed by atoms with Crippen LogP contribution in [0.5, 0.6) is 5.75 Å². The van der Waals surface area contributed by atoms with Crippen LogP contribution in [0, 0.1) is 5.92 Å². The highest BCUT2D eigenvalue weighted by atomic mass is 16.4. The minimum Gasteiger partial charge on any atom is -0.508 e. The predicted octanol–water partition coefficient (Wildman–Crippen LogP) is -1.70. The molecule has 0 aliphatic heterocycles. The molecule has 0 saturated heterocycles. The molecule has 0 fully saturated rings. The highest BCUT2D eigenvalue weighted by Crippen LogP contribution is 2.13. The van der Waals surface area contributed by atoms with Gasteiger partial charge in [0.25, 0.3) is 0 Å². The van der Waals surface area contributed by atoms with Crippen LogP contribution in [0.2, 0.25) is 0 Å². The molecule has 38 heavy (non-hydrogen) atoms. The Morgan fingerprint density at radius 3 is 2.11 bits per heavy atom. The quantitative estimate of drug-likeness (QED) is 0.138. The van der Waals surface area contributed by atoms with Gasteiger partial charge in [0.15, 0.2) is 0 Å². The lowest BCUT2D eigenvalue weighted by molar-refractivity contribution is -0.143. The van der Waals surface area contributed by atoms with E-state index >= 15 is 0 Å². The summed E-state index contributed by atoms with van der Waals surface area (Å²) in [6, 6.07) is 0.858. The maximum atomic E-state index is 13.2. The van der Waals surface area contributed by atoms with Gasteiger partial charge in [-0.25, -0.2) is 9.78 Å². The summed E-state index contributed by atoms with van der Waals surface area (Å²) in [4.78, 5) is 68.4. The number of carbonyl (C=O) groups is 5. The van der Waals surface area contributed by atoms with Crippen LogP contribution in [-0.4, -0.2) is 73.9 Å². The Kier molecular flexibility index (Phi) is 10.8. The van der Waals surface area contributed by atoms with Crippen molar-refractivity contribution >= 4 is 29.6 Å². The normalized spacial score (nSPS) is 14.1. The Labute approximate surface area is 218 Å². The second-order valence-electron chi connectivity index (χ2n) is 9.12. The molecule has 2 aromatic rings. The van der Waals surface area contributed by atoms with Crippen LogP contribution in [0.15, 0.2) is 36.8 Å². The van der Waals surface area contributed by atoms with E-state index in [2.05, 4.69) is 25.9 Å². The van der Waals surface area contributed by atoms with Crippen LogP contribution in [0.4, 0.5) is 0 Å². The van der Waals surface area contributed by atoms with Crippen LogP contribution in [0.1, 0.15) is 31.5 Å². The van der Waals surface area contributed by atoms with Crippen LogP contribution in [0.25, 0.3) is 0 Å². The lowest BCUT2D eigenvalue weighted by Gasteiger charge is -2.27. The van der Waals surface area contributed by atoms with Gasteiger partial charge in [-0.05, 0) is 23.6 Å². The molecule has 0 spiro atoms. The largest absolute Gasteiger partial charge is 0.508 e. The van der Waals surface area contributed by atoms with Crippen molar-refractivity contribution in [2.24, 2.45) is 17.4 Å². The van der Waals surface area contributed by atoms with Gasteiger partial charge in [0.2, 0.25) is 23.6 Å². The fraction of sp³-hybridized carbons (Fsp3) is 0.417. The van der Waals surface area contributed by atoms with Gasteiger partial charge in [0.05, 0.1) is 18.8 Å². The number of imidazole rings is 1. The summed E-state index contributed by atoms with van der Waals surface area (Å²) in [5, 5.41) is 26.3. The van der Waals surface area contributed by atoms with Crippen LogP contribution in [0.3, 0.4) is 0 Å². The molecular formula is C24H33N7O7. The Balaban J connectivity index is 2.20. The molecule has 10 N–H and O–H groups in total. The Bertz CT molecular complexity index is 1120. The Morgan fingerprint density at radius 2 is 1.58 bits per heavy atom. The first kappa shape index (κ1) is 29.8. The fourth-order valence-corrected chi connectivity index (χ4v) is 3.53. The molecule has 4 amide bonds. The van der Waals surface area contributed by atoms with E-state index in [0.717, 1.165) is 0 Å². The summed E-state index contributed by atoms with van der Waals surface area (Å²) in [7, 11) is 0. The maximum Gasteiger partial charge on any atom is 0.326 e. The zero-order valence-corrected chi connectivity index (χ0v) is 21.0. The monoisotopic (exact) mass is 531 g/mol. The number of nitrogens with one attached hydrogen (secondary N) is 4. The molecule has 0 saturated carbocycles. The standard InChI is InChI=1S/C24H33N7O7/c1-12(2)20(31-21(34)16(25)8-14-10-27-11-28-14)23(36)29-17(7-13-3-5-15(32)6-4-13)22(35)30-18(24(37)38)9-19(26)33/h3-6,10-12,16-18,20,32H,7-9,25H2,1-2H3,(H2,26,33)(H,27,28)(H,29,36)(H,30,35)(H,31,34)(H,37,38). The van der Waals surface area contributed by atoms with Crippen LogP contribution in [-0.2, 0) is 36.8 Å². The van der Waals surface area contributed by atoms with E-state index in [1.807, 2.05) is 0 Å². The molecule has 0 radical (unpaired) electrons. The number of nitrogens with zero attached hydrogens (tertiary/aromatic N) is 1. The summed E-state index contributed by atoms with van der Waals surface area (Å²) >= 11 is 0. The van der Waals surface area contributed by atoms with Crippen molar-refractivity contribution in [2.45, 2.75) is 57.3 Å². The first-order chi connectivity index (χ1) is 17.9. The predicted molar refractivity (Wildman–Crippen MR) is 134 cm³/mol. The molecule has 1 aromatic heterocycles. The molecule has 1 aromatic carbocycles. The van der Waals surface area contributed by atoms with Gasteiger partial charge in [0.1, 0.15) is 23.9 Å². The summed E-state index contributed by atoms with van der Waals surface area (Å²) < 4.78 is 0. The van der Waals surface area contributed by atoms with Crippen molar-refractivity contribution in [3.05, 3.63) is 48.0 Å². The number of carboxylic acid groups (broad SMARTS) is 1. The molecule has 14 heteroatoms. The Morgan fingerprint density at radius 1 is 0.947 bits per heavy atom. The number of carbonyl (C=O) groups excluding carboxylic acids is 4. The second kappa shape index (κ2) is 13.7. The number of aromatic amines is 1. The molecule has 1 heterocycles. The number of phenols is 1. The van der Waals surface area contributed by atoms with Crippen LogP contribution >= 0.6 is 0 Å². The van der Waals surface area contributed by atoms with E-state index in [1.165, 1.54) is 36.8 Å². The third-order valence-corrected chi connectivity index (χ3v) is 5.61. The number of aromatic hydroxyl groups is 1. The molecule has 14 nitrogen and oxygen atoms in total. The van der Waals surface area contributed by atoms with E-state index in [9.17, 15) is 34.2 Å². The van der Waals surface area contributed by atoms with Gasteiger partial charge in [-0.2, -0.15) is 0 Å². The first-order valence-corrected chi connectivity index (χ1v) is 11.8. The van der Waals surface area contributed by atoms with Gasteiger partial charge < -0.3 is 42.6 Å². The molecule has 0 aliphatic rings. The molecule has 2 rings (SSSR count). The number of nitrogens with two attached hydrogens (primary N) is 2. The SMILES string of the molecule is CC(C)C(NC(=O)C(N)Cc1cnc[nH]1)C(=O)NC(Cc1ccc(O)cc1)C(=O)NC(CC(N)=O)C(=O)O. The molecule has 4 unspecified atom stereocenters. The highest BCUT2D eigenvalue weighted by Gasteiger charge is 2.32. The number of amides is 4. The topological polar surface area (TPSA) is 243 Å². The number of carboxylic acids is 1. The second-order valence-corrected chi connectivity index (χ2v) is 9.12. The van der Waals surface area contributed by atoms with E-state index < -0.39 is 66.1 Å². The van der Waals surface area contributed by atoms with E-state index in [-0.39, 0.29) is 18.6 Å². The minimum absolute atomic E-state index is 0.0137. The van der Waals surface area contributed by atoms with Crippen molar-refractivity contribution < 1.29 is 34.2 Å². The maximum absolute atomic E-state index is 13.2. The number of aliphatic carboxylic acids is 1. The van der Waals surface area contributed by atoms with E-state index in [0.29, 0.717) is 11.3 Å². The van der Waals surface area contributed by atoms with Gasteiger partial charge >= 0.3 is 5.97 Å². The van der Waals surface area contributed by atoms with Crippen molar-refractivity contribution in [1.82, 2.24) is 25.9 Å². The van der Waals surface area contributed by atoms with Gasteiger partial charge in [-0.15, -0.1) is 0 Å². The smallest absolute Gasteiger partial charge is 0.326 e. The zero-order chi connectivity index (χ0) is 28.4. The van der Waals surface area contributed by atoms with Gasteiger partial charge in [-0.3, -0.25) is 19.2 Å². The average molecular weight is 532 g/mol. The molecule has 206 valence electrons. The molecule has 4 atom stereocenters. The lowest BCUT2D eigenvalue weighted by Crippen LogP contribution is -2.59. The Hall–Kier alpha value is -4.46. The number of primary amides is 1. The number of phenolic OH excluding ortho intramolecular Hbond substituents is 1. The molecular weight excluding hydrogens is 498 g/mol. The number of aromatic nitrogens is 2. The fourth-order valence-electron chi connectivity index (χ4n) is 3.53. The highest BCUT2D eigenvalue weighted by molar-refractivity contribution is 5.95. The average Bonchev–Trinajstić information content (AvgIpc) is 3.35. The van der Waals surface area contributed by atoms with E-state index in [1.54, 1.807) is 13.8 Å². The minimum atomic E-state index is -1.61. The zero-order valence-electron chi connectivity index (χ0n) is 21.0. The van der Waals surface area contributed by atoms with Crippen molar-refractivity contribution in [1.29, 1.82) is 0 Å². The summed E-state index contributed by atoms with van der Waals surface area (Å²) in [5.74, 6) is -5.03. The lowest BCUT2D eigenvalue weighted by atomic mass is 10.00. The van der Waals surface area contributed by atoms with Crippen molar-refractivity contribution in [3.63, 3.8) is 0 Å². The van der Waals surface area contributed by atoms with Crippen LogP contribution < -0.4 is 27.4 Å². The van der Waals surface area contributed by atoms with Gasteiger partial charge in [-0.1, -0.05) is 26.0 Å². The number of benzene rings is 1. The number of H-pyrrole nitrogens is 1. The van der Waals surface area contributed by atoms with E-state index in [4.69, 9.17) is 11.5 Å².